The van der Waals surface area contributed by atoms with Gasteiger partial charge in [-0.2, -0.15) is 0 Å². The van der Waals surface area contributed by atoms with Crippen molar-refractivity contribution in [3.63, 3.8) is 0 Å². The summed E-state index contributed by atoms with van der Waals surface area (Å²) in [7, 11) is 0. The van der Waals surface area contributed by atoms with Gasteiger partial charge in [0.25, 0.3) is 0 Å². The lowest BCUT2D eigenvalue weighted by molar-refractivity contribution is -0.116. The Kier molecular flexibility index (Phi) is 4.41. The first-order valence-electron chi connectivity index (χ1n) is 6.75. The van der Waals surface area contributed by atoms with Gasteiger partial charge in [-0.1, -0.05) is 29.3 Å². The number of ether oxygens (including phenoxy) is 2. The Morgan fingerprint density at radius 3 is 2.68 bits per heavy atom. The molecule has 3 rings (SSSR count). The number of carbonyl (C=O) groups excluding carboxylic acids is 1. The van der Waals surface area contributed by atoms with Gasteiger partial charge in [-0.15, -0.1) is 0 Å². The average Bonchev–Trinajstić information content (AvgIpc) is 2.96. The molecule has 0 bridgehead atoms. The van der Waals surface area contributed by atoms with Gasteiger partial charge in [0.05, 0.1) is 10.0 Å². The Hall–Kier alpha value is -1.91. The minimum absolute atomic E-state index is 0.0870. The highest BCUT2D eigenvalue weighted by atomic mass is 35.5. The van der Waals surface area contributed by atoms with E-state index in [-0.39, 0.29) is 12.7 Å². The van der Waals surface area contributed by atoms with E-state index in [2.05, 4.69) is 5.32 Å². The summed E-state index contributed by atoms with van der Waals surface area (Å²) in [5.41, 5.74) is 1.65. The van der Waals surface area contributed by atoms with Gasteiger partial charge in [0.15, 0.2) is 11.5 Å². The minimum atomic E-state index is -0.0870. The molecule has 0 aliphatic carbocycles. The topological polar surface area (TPSA) is 47.6 Å². The molecule has 0 atom stereocenters. The van der Waals surface area contributed by atoms with Crippen LogP contribution in [0.5, 0.6) is 11.5 Å². The molecule has 4 nitrogen and oxygen atoms in total. The van der Waals surface area contributed by atoms with Gasteiger partial charge in [0, 0.05) is 12.1 Å². The van der Waals surface area contributed by atoms with Crippen molar-refractivity contribution in [3.8, 4) is 11.5 Å². The molecule has 0 fully saturated rings. The zero-order chi connectivity index (χ0) is 15.5. The molecule has 6 heteroatoms. The number of amides is 1. The Labute approximate surface area is 137 Å². The summed E-state index contributed by atoms with van der Waals surface area (Å²) < 4.78 is 10.6. The Bertz CT molecular complexity index is 719. The van der Waals surface area contributed by atoms with Crippen molar-refractivity contribution in [1.29, 1.82) is 0 Å². The van der Waals surface area contributed by atoms with E-state index >= 15 is 0 Å². The van der Waals surface area contributed by atoms with Crippen LogP contribution in [-0.2, 0) is 11.2 Å². The lowest BCUT2D eigenvalue weighted by Crippen LogP contribution is -2.12. The summed E-state index contributed by atoms with van der Waals surface area (Å²) in [5, 5.41) is 3.67. The molecule has 2 aromatic rings. The number of halogens is 2. The predicted molar refractivity (Wildman–Crippen MR) is 86.0 cm³/mol. The summed E-state index contributed by atoms with van der Waals surface area (Å²) in [6.45, 7) is 0.247. The van der Waals surface area contributed by atoms with Gasteiger partial charge < -0.3 is 14.8 Å². The number of benzene rings is 2. The third-order valence-corrected chi connectivity index (χ3v) is 4.02. The number of carbonyl (C=O) groups is 1. The van der Waals surface area contributed by atoms with Gasteiger partial charge in [-0.05, 0) is 42.3 Å². The molecule has 0 saturated heterocycles. The fraction of sp³-hybridized carbons (Fsp3) is 0.188. The lowest BCUT2D eigenvalue weighted by atomic mass is 10.1. The number of hydrogen-bond donors (Lipinski definition) is 1. The van der Waals surface area contributed by atoms with Crippen molar-refractivity contribution >= 4 is 34.8 Å². The van der Waals surface area contributed by atoms with Crippen LogP contribution in [0.15, 0.2) is 36.4 Å². The number of fused-ring (bicyclic) bond motifs is 1. The maximum absolute atomic E-state index is 12.0. The second-order valence-electron chi connectivity index (χ2n) is 4.86. The first kappa shape index (κ1) is 15.0. The molecule has 1 N–H and O–H groups in total. The molecule has 114 valence electrons. The number of rotatable bonds is 4. The van der Waals surface area contributed by atoms with Gasteiger partial charge in [-0.25, -0.2) is 0 Å². The Morgan fingerprint density at radius 2 is 1.86 bits per heavy atom. The molecule has 1 aliphatic rings. The summed E-state index contributed by atoms with van der Waals surface area (Å²) in [6, 6.07) is 10.7. The molecule has 1 aliphatic heterocycles. The molecular weight excluding hydrogens is 325 g/mol. The maximum atomic E-state index is 12.0. The van der Waals surface area contributed by atoms with Gasteiger partial charge in [0.1, 0.15) is 0 Å². The van der Waals surface area contributed by atoms with Gasteiger partial charge in [0.2, 0.25) is 12.7 Å². The molecular formula is C16H13Cl2NO3. The van der Waals surface area contributed by atoms with Crippen LogP contribution in [0.3, 0.4) is 0 Å². The fourth-order valence-electron chi connectivity index (χ4n) is 2.15. The number of aryl methyl sites for hydroxylation is 1. The van der Waals surface area contributed by atoms with Crippen molar-refractivity contribution in [2.24, 2.45) is 0 Å². The number of hydrogen-bond acceptors (Lipinski definition) is 3. The molecule has 0 spiro atoms. The zero-order valence-electron chi connectivity index (χ0n) is 11.6. The highest BCUT2D eigenvalue weighted by molar-refractivity contribution is 6.42. The highest BCUT2D eigenvalue weighted by Crippen LogP contribution is 2.32. The Balaban J connectivity index is 1.57. The van der Waals surface area contributed by atoms with Crippen LogP contribution in [0.2, 0.25) is 10.0 Å². The van der Waals surface area contributed by atoms with E-state index in [1.54, 1.807) is 18.2 Å². The van der Waals surface area contributed by atoms with Crippen molar-refractivity contribution in [3.05, 3.63) is 52.0 Å². The first-order valence-corrected chi connectivity index (χ1v) is 7.51. The standard InChI is InChI=1S/C16H13Cl2NO3/c17-12-4-3-11(8-13(12)18)19-16(20)6-2-10-1-5-14-15(7-10)22-9-21-14/h1,3-5,7-8H,2,6,9H2,(H,19,20). The maximum Gasteiger partial charge on any atom is 0.231 e. The quantitative estimate of drug-likeness (QED) is 0.904. The van der Waals surface area contributed by atoms with E-state index in [1.165, 1.54) is 0 Å². The van der Waals surface area contributed by atoms with Crippen LogP contribution < -0.4 is 14.8 Å². The summed E-state index contributed by atoms with van der Waals surface area (Å²) in [5.74, 6) is 1.38. The molecule has 1 amide bonds. The third-order valence-electron chi connectivity index (χ3n) is 3.28. The van der Waals surface area contributed by atoms with Crippen LogP contribution in [0.4, 0.5) is 5.69 Å². The lowest BCUT2D eigenvalue weighted by Gasteiger charge is -2.07. The normalized spacial score (nSPS) is 12.3. The SMILES string of the molecule is O=C(CCc1ccc2c(c1)OCO2)Nc1ccc(Cl)c(Cl)c1. The van der Waals surface area contributed by atoms with Gasteiger partial charge in [-0.3, -0.25) is 4.79 Å². The molecule has 0 saturated carbocycles. The number of nitrogens with one attached hydrogen (secondary N) is 1. The van der Waals surface area contributed by atoms with Crippen LogP contribution in [0.25, 0.3) is 0 Å². The van der Waals surface area contributed by atoms with Crippen LogP contribution >= 0.6 is 23.2 Å². The molecule has 22 heavy (non-hydrogen) atoms. The smallest absolute Gasteiger partial charge is 0.231 e. The van der Waals surface area contributed by atoms with Gasteiger partial charge >= 0.3 is 0 Å². The van der Waals surface area contributed by atoms with E-state index < -0.39 is 0 Å². The third kappa shape index (κ3) is 3.46. The summed E-state index contributed by atoms with van der Waals surface area (Å²) in [6.07, 6.45) is 0.976. The van der Waals surface area contributed by atoms with Crippen molar-refractivity contribution in [1.82, 2.24) is 0 Å². The van der Waals surface area contributed by atoms with Crippen molar-refractivity contribution in [2.75, 3.05) is 12.1 Å². The zero-order valence-corrected chi connectivity index (χ0v) is 13.1. The van der Waals surface area contributed by atoms with E-state index in [9.17, 15) is 4.79 Å². The summed E-state index contributed by atoms with van der Waals surface area (Å²) >= 11 is 11.8. The first-order chi connectivity index (χ1) is 10.6. The molecule has 0 radical (unpaired) electrons. The second kappa shape index (κ2) is 6.46. The van der Waals surface area contributed by atoms with Crippen LogP contribution in [0, 0.1) is 0 Å². The summed E-state index contributed by atoms with van der Waals surface area (Å²) in [4.78, 5) is 12.0. The molecule has 0 unspecified atom stereocenters. The van der Waals surface area contributed by atoms with Crippen molar-refractivity contribution in [2.45, 2.75) is 12.8 Å². The highest BCUT2D eigenvalue weighted by Gasteiger charge is 2.13. The van der Waals surface area contributed by atoms with Crippen LogP contribution in [0.1, 0.15) is 12.0 Å². The van der Waals surface area contributed by atoms with E-state index in [0.717, 1.165) is 17.1 Å². The van der Waals surface area contributed by atoms with E-state index in [0.29, 0.717) is 28.6 Å². The second-order valence-corrected chi connectivity index (χ2v) is 5.68. The monoisotopic (exact) mass is 337 g/mol. The average molecular weight is 338 g/mol. The van der Waals surface area contributed by atoms with Crippen LogP contribution in [-0.4, -0.2) is 12.7 Å². The Morgan fingerprint density at radius 1 is 1.05 bits per heavy atom. The molecule has 2 aromatic carbocycles. The molecule has 1 heterocycles. The fourth-order valence-corrected chi connectivity index (χ4v) is 2.45. The molecule has 0 aromatic heterocycles. The number of anilines is 1. The van der Waals surface area contributed by atoms with E-state index in [1.807, 2.05) is 18.2 Å². The largest absolute Gasteiger partial charge is 0.454 e. The van der Waals surface area contributed by atoms with E-state index in [4.69, 9.17) is 32.7 Å². The van der Waals surface area contributed by atoms with Crippen molar-refractivity contribution < 1.29 is 14.3 Å². The predicted octanol–water partition coefficient (Wildman–Crippen LogP) is 4.29. The minimum Gasteiger partial charge on any atom is -0.454 e.